The molecular weight excluding hydrogens is 352 g/mol. The van der Waals surface area contributed by atoms with Crippen molar-refractivity contribution < 1.29 is 9.53 Å². The van der Waals surface area contributed by atoms with Crippen molar-refractivity contribution in [1.29, 1.82) is 0 Å². The second kappa shape index (κ2) is 9.32. The average Bonchev–Trinajstić information content (AvgIpc) is 3.24. The van der Waals surface area contributed by atoms with Crippen LogP contribution in [0.1, 0.15) is 28.5 Å². The number of hydrogen-bond donors (Lipinski definition) is 2. The van der Waals surface area contributed by atoms with Gasteiger partial charge in [0.25, 0.3) is 5.91 Å². The number of allylic oxidation sites excluding steroid dienone is 1. The molecule has 0 spiro atoms. The predicted octanol–water partition coefficient (Wildman–Crippen LogP) is 4.08. The van der Waals surface area contributed by atoms with Crippen LogP contribution in [-0.4, -0.2) is 29.4 Å². The monoisotopic (exact) mass is 374 g/mol. The van der Waals surface area contributed by atoms with E-state index in [2.05, 4.69) is 39.8 Å². The zero-order valence-electron chi connectivity index (χ0n) is 15.8. The number of para-hydroxylation sites is 1. The Hall–Kier alpha value is -3.67. The zero-order valence-corrected chi connectivity index (χ0v) is 15.8. The Morgan fingerprint density at radius 2 is 2.00 bits per heavy atom. The minimum atomic E-state index is -0.356. The molecule has 0 saturated carbocycles. The van der Waals surface area contributed by atoms with Gasteiger partial charge in [0.1, 0.15) is 11.4 Å². The summed E-state index contributed by atoms with van der Waals surface area (Å²) < 4.78 is 5.27. The predicted molar refractivity (Wildman–Crippen MR) is 111 cm³/mol. The maximum Gasteiger partial charge on any atom is 0.289 e. The van der Waals surface area contributed by atoms with Gasteiger partial charge >= 0.3 is 0 Å². The Morgan fingerprint density at radius 1 is 1.21 bits per heavy atom. The summed E-state index contributed by atoms with van der Waals surface area (Å²) in [4.78, 5) is 12.2. The third-order valence-corrected chi connectivity index (χ3v) is 4.22. The second-order valence-corrected chi connectivity index (χ2v) is 6.04. The van der Waals surface area contributed by atoms with Gasteiger partial charge in [0.05, 0.1) is 12.8 Å². The van der Waals surface area contributed by atoms with E-state index in [0.29, 0.717) is 11.4 Å². The van der Waals surface area contributed by atoms with Gasteiger partial charge in [-0.1, -0.05) is 49.4 Å². The summed E-state index contributed by atoms with van der Waals surface area (Å²) in [6.45, 7) is 2.11. The molecule has 6 heteroatoms. The van der Waals surface area contributed by atoms with Crippen molar-refractivity contribution in [2.75, 3.05) is 7.11 Å². The Labute approximate surface area is 163 Å². The van der Waals surface area contributed by atoms with E-state index in [0.717, 1.165) is 23.3 Å². The van der Waals surface area contributed by atoms with Crippen LogP contribution in [0.2, 0.25) is 0 Å². The number of hydrogen-bond acceptors (Lipinski definition) is 4. The molecule has 0 unspecified atom stereocenters. The second-order valence-electron chi connectivity index (χ2n) is 6.04. The molecule has 0 bridgehead atoms. The molecule has 0 fully saturated rings. The number of H-pyrrole nitrogens is 1. The third kappa shape index (κ3) is 4.73. The van der Waals surface area contributed by atoms with Gasteiger partial charge in [0, 0.05) is 17.3 Å². The molecule has 2 N–H and O–H groups in total. The summed E-state index contributed by atoms with van der Waals surface area (Å²) in [7, 11) is 1.62. The van der Waals surface area contributed by atoms with Crippen LogP contribution < -0.4 is 10.2 Å². The minimum absolute atomic E-state index is 0.348. The molecular formula is C22H22N4O2. The van der Waals surface area contributed by atoms with Crippen LogP contribution in [0.15, 0.2) is 65.8 Å². The van der Waals surface area contributed by atoms with Crippen LogP contribution in [0.4, 0.5) is 0 Å². The molecule has 3 rings (SSSR count). The number of hydrazone groups is 1. The van der Waals surface area contributed by atoms with E-state index >= 15 is 0 Å². The summed E-state index contributed by atoms with van der Waals surface area (Å²) in [6, 6.07) is 17.5. The number of nitrogens with zero attached hydrogens (tertiary/aromatic N) is 2. The van der Waals surface area contributed by atoms with Crippen molar-refractivity contribution in [2.24, 2.45) is 5.10 Å². The van der Waals surface area contributed by atoms with E-state index in [1.54, 1.807) is 19.3 Å². The van der Waals surface area contributed by atoms with Crippen LogP contribution in [-0.2, 0) is 6.42 Å². The molecule has 1 amide bonds. The van der Waals surface area contributed by atoms with Gasteiger partial charge in [-0.2, -0.15) is 10.2 Å². The van der Waals surface area contributed by atoms with Gasteiger partial charge in [0.15, 0.2) is 0 Å². The molecule has 2 aromatic carbocycles. The molecule has 0 aliphatic rings. The smallest absolute Gasteiger partial charge is 0.289 e. The Bertz CT molecular complexity index is 988. The molecule has 1 heterocycles. The number of nitrogens with one attached hydrogen (secondary N) is 2. The van der Waals surface area contributed by atoms with Gasteiger partial charge < -0.3 is 4.74 Å². The average molecular weight is 374 g/mol. The van der Waals surface area contributed by atoms with Crippen LogP contribution in [0.5, 0.6) is 5.75 Å². The molecule has 0 aliphatic heterocycles. The zero-order chi connectivity index (χ0) is 19.8. The summed E-state index contributed by atoms with van der Waals surface area (Å²) in [5.41, 5.74) is 6.67. The number of rotatable bonds is 7. The lowest BCUT2D eigenvalue weighted by Crippen LogP contribution is -2.17. The molecule has 6 nitrogen and oxygen atoms in total. The van der Waals surface area contributed by atoms with Gasteiger partial charge in [-0.05, 0) is 36.3 Å². The highest BCUT2D eigenvalue weighted by atomic mass is 16.5. The Balaban J connectivity index is 1.58. The largest absolute Gasteiger partial charge is 0.496 e. The topological polar surface area (TPSA) is 79.4 Å². The van der Waals surface area contributed by atoms with Crippen LogP contribution in [0.3, 0.4) is 0 Å². The first-order valence-electron chi connectivity index (χ1n) is 8.99. The fraction of sp³-hybridized carbons (Fsp3) is 0.136. The van der Waals surface area contributed by atoms with Crippen molar-refractivity contribution in [2.45, 2.75) is 13.3 Å². The quantitative estimate of drug-likeness (QED) is 0.483. The lowest BCUT2D eigenvalue weighted by atomic mass is 10.1. The molecule has 1 aromatic heterocycles. The van der Waals surface area contributed by atoms with Crippen LogP contribution in [0, 0.1) is 0 Å². The molecule has 0 radical (unpaired) electrons. The maximum absolute atomic E-state index is 12.2. The molecule has 3 aromatic rings. The van der Waals surface area contributed by atoms with Crippen LogP contribution in [0.25, 0.3) is 17.3 Å². The third-order valence-electron chi connectivity index (χ3n) is 4.22. The van der Waals surface area contributed by atoms with Crippen molar-refractivity contribution >= 4 is 18.2 Å². The number of carbonyl (C=O) groups is 1. The number of aromatic nitrogens is 2. The highest BCUT2D eigenvalue weighted by molar-refractivity contribution is 5.94. The molecule has 0 atom stereocenters. The maximum atomic E-state index is 12.2. The summed E-state index contributed by atoms with van der Waals surface area (Å²) >= 11 is 0. The van der Waals surface area contributed by atoms with Gasteiger partial charge in [-0.15, -0.1) is 0 Å². The number of aromatic amines is 1. The van der Waals surface area contributed by atoms with E-state index in [1.807, 2.05) is 42.5 Å². The number of amides is 1. The highest BCUT2D eigenvalue weighted by Crippen LogP contribution is 2.19. The van der Waals surface area contributed by atoms with Crippen molar-refractivity contribution in [3.63, 3.8) is 0 Å². The fourth-order valence-corrected chi connectivity index (χ4v) is 2.65. The van der Waals surface area contributed by atoms with E-state index in [-0.39, 0.29) is 5.91 Å². The standard InChI is InChI=1S/C22H22N4O2/c1-3-16-10-12-17(13-11-16)19-15-20(25-24-19)22(27)26-23-14-6-8-18-7-4-5-9-21(18)28-2/h4-15H,3H2,1-2H3,(H,24,25)(H,26,27)/b8-6+,23-14+. The van der Waals surface area contributed by atoms with Gasteiger partial charge in [-0.25, -0.2) is 5.43 Å². The Morgan fingerprint density at radius 3 is 2.75 bits per heavy atom. The summed E-state index contributed by atoms with van der Waals surface area (Å²) in [6.07, 6.45) is 6.07. The Kier molecular flexibility index (Phi) is 6.36. The van der Waals surface area contributed by atoms with E-state index < -0.39 is 0 Å². The van der Waals surface area contributed by atoms with Gasteiger partial charge in [0.2, 0.25) is 0 Å². The molecule has 142 valence electrons. The van der Waals surface area contributed by atoms with E-state index in [1.165, 1.54) is 11.8 Å². The number of ether oxygens (including phenoxy) is 1. The lowest BCUT2D eigenvalue weighted by Gasteiger charge is -2.02. The molecule has 0 aliphatic carbocycles. The first kappa shape index (κ1) is 19.1. The SMILES string of the molecule is CCc1ccc(-c2cc(C(=O)N/N=C/C=C/c3ccccc3OC)[nH]n2)cc1. The summed E-state index contributed by atoms with van der Waals surface area (Å²) in [5, 5.41) is 10.9. The van der Waals surface area contributed by atoms with E-state index in [4.69, 9.17) is 4.74 Å². The number of aryl methyl sites for hydroxylation is 1. The van der Waals surface area contributed by atoms with Crippen molar-refractivity contribution in [3.8, 4) is 17.0 Å². The molecule has 28 heavy (non-hydrogen) atoms. The van der Waals surface area contributed by atoms with Crippen molar-refractivity contribution in [1.82, 2.24) is 15.6 Å². The minimum Gasteiger partial charge on any atom is -0.496 e. The van der Waals surface area contributed by atoms with Gasteiger partial charge in [-0.3, -0.25) is 9.89 Å². The lowest BCUT2D eigenvalue weighted by molar-refractivity contribution is 0.0950. The van der Waals surface area contributed by atoms with Crippen LogP contribution >= 0.6 is 0 Å². The number of carbonyl (C=O) groups excluding carboxylic acids is 1. The fourth-order valence-electron chi connectivity index (χ4n) is 2.65. The normalized spacial score (nSPS) is 11.2. The van der Waals surface area contributed by atoms with E-state index in [9.17, 15) is 4.79 Å². The first-order chi connectivity index (χ1) is 13.7. The first-order valence-corrected chi connectivity index (χ1v) is 8.99. The summed E-state index contributed by atoms with van der Waals surface area (Å²) in [5.74, 6) is 0.416. The number of benzene rings is 2. The number of methoxy groups -OCH3 is 1. The highest BCUT2D eigenvalue weighted by Gasteiger charge is 2.10. The van der Waals surface area contributed by atoms with Crippen molar-refractivity contribution in [3.05, 3.63) is 77.5 Å². The molecule has 0 saturated heterocycles.